The first-order valence-electron chi connectivity index (χ1n) is 7.65. The molecule has 0 saturated heterocycles. The molecule has 0 bridgehead atoms. The van der Waals surface area contributed by atoms with Crippen molar-refractivity contribution in [2.75, 3.05) is 19.1 Å². The number of ether oxygens (including phenoxy) is 1. The minimum atomic E-state index is -4.53. The molecule has 0 radical (unpaired) electrons. The van der Waals surface area contributed by atoms with Gasteiger partial charge in [0.25, 0.3) is 0 Å². The van der Waals surface area contributed by atoms with Gasteiger partial charge < -0.3 is 9.64 Å². The van der Waals surface area contributed by atoms with Gasteiger partial charge in [-0.15, -0.1) is 0 Å². The van der Waals surface area contributed by atoms with Gasteiger partial charge in [-0.1, -0.05) is 11.6 Å². The topological polar surface area (TPSA) is 68.2 Å². The highest BCUT2D eigenvalue weighted by Gasteiger charge is 2.33. The molecule has 0 spiro atoms. The first-order chi connectivity index (χ1) is 12.2. The maximum atomic E-state index is 12.7. The van der Waals surface area contributed by atoms with Crippen LogP contribution in [0.2, 0.25) is 5.02 Å². The van der Waals surface area contributed by atoms with Crippen molar-refractivity contribution < 1.29 is 22.7 Å². The van der Waals surface area contributed by atoms with Crippen LogP contribution in [-0.2, 0) is 10.9 Å². The summed E-state index contributed by atoms with van der Waals surface area (Å²) in [4.78, 5) is 25.4. The number of hydrogen-bond acceptors (Lipinski definition) is 6. The minimum Gasteiger partial charge on any atom is -0.464 e. The summed E-state index contributed by atoms with van der Waals surface area (Å²) >= 11 is 6.26. The summed E-state index contributed by atoms with van der Waals surface area (Å²) in [5.41, 5.74) is -0.749. The third-order valence-corrected chi connectivity index (χ3v) is 4.26. The van der Waals surface area contributed by atoms with E-state index in [1.54, 1.807) is 7.05 Å². The Morgan fingerprint density at radius 1 is 1.31 bits per heavy atom. The quantitative estimate of drug-likeness (QED) is 0.740. The molecule has 1 aliphatic carbocycles. The lowest BCUT2D eigenvalue weighted by atomic mass is 10.3. The molecule has 10 heteroatoms. The van der Waals surface area contributed by atoms with Crippen molar-refractivity contribution in [2.24, 2.45) is 0 Å². The maximum Gasteiger partial charge on any atom is 0.433 e. The van der Waals surface area contributed by atoms with Crippen LogP contribution in [0.4, 0.5) is 24.7 Å². The van der Waals surface area contributed by atoms with Crippen LogP contribution in [0.5, 0.6) is 0 Å². The van der Waals surface area contributed by atoms with Crippen LogP contribution in [0, 0.1) is 0 Å². The molecule has 3 rings (SSSR count). The highest BCUT2D eigenvalue weighted by Crippen LogP contribution is 2.41. The normalized spacial score (nSPS) is 14.2. The van der Waals surface area contributed by atoms with Crippen LogP contribution in [0.25, 0.3) is 0 Å². The van der Waals surface area contributed by atoms with Crippen LogP contribution in [0.15, 0.2) is 18.3 Å². The molecule has 6 nitrogen and oxygen atoms in total. The Morgan fingerprint density at radius 2 is 2.00 bits per heavy atom. The Bertz CT molecular complexity index is 839. The Kier molecular flexibility index (Phi) is 4.74. The van der Waals surface area contributed by atoms with Crippen LogP contribution >= 0.6 is 11.6 Å². The fourth-order valence-corrected chi connectivity index (χ4v) is 2.59. The molecule has 0 N–H and O–H groups in total. The summed E-state index contributed by atoms with van der Waals surface area (Å²) in [6, 6.07) is 2.12. The van der Waals surface area contributed by atoms with Crippen molar-refractivity contribution in [3.05, 3.63) is 40.6 Å². The Labute approximate surface area is 152 Å². The summed E-state index contributed by atoms with van der Waals surface area (Å²) < 4.78 is 42.7. The summed E-state index contributed by atoms with van der Waals surface area (Å²) in [6.07, 6.45) is -1.67. The number of esters is 1. The molecule has 138 valence electrons. The summed E-state index contributed by atoms with van der Waals surface area (Å²) in [6.45, 7) is 0. The van der Waals surface area contributed by atoms with Gasteiger partial charge in [-0.25, -0.2) is 19.7 Å². The van der Waals surface area contributed by atoms with Gasteiger partial charge >= 0.3 is 12.1 Å². The summed E-state index contributed by atoms with van der Waals surface area (Å²) in [5.74, 6) is 0.0788. The van der Waals surface area contributed by atoms with Gasteiger partial charge in [-0.2, -0.15) is 13.2 Å². The molecule has 0 amide bonds. The van der Waals surface area contributed by atoms with Crippen molar-refractivity contribution in [1.29, 1.82) is 0 Å². The van der Waals surface area contributed by atoms with Gasteiger partial charge in [0.2, 0.25) is 0 Å². The van der Waals surface area contributed by atoms with E-state index in [-0.39, 0.29) is 22.5 Å². The number of aromatic nitrogens is 3. The van der Waals surface area contributed by atoms with Crippen LogP contribution in [0.1, 0.15) is 40.8 Å². The zero-order valence-corrected chi connectivity index (χ0v) is 14.6. The highest BCUT2D eigenvalue weighted by atomic mass is 35.5. The molecule has 1 aliphatic rings. The zero-order valence-electron chi connectivity index (χ0n) is 13.8. The number of methoxy groups -OCH3 is 1. The van der Waals surface area contributed by atoms with Gasteiger partial charge in [0, 0.05) is 13.0 Å². The number of rotatable bonds is 4. The number of hydrogen-bond donors (Lipinski definition) is 0. The fourth-order valence-electron chi connectivity index (χ4n) is 2.30. The van der Waals surface area contributed by atoms with Crippen LogP contribution < -0.4 is 4.90 Å². The molecular formula is C16H14ClF3N4O2. The lowest BCUT2D eigenvalue weighted by Gasteiger charge is -2.21. The second kappa shape index (κ2) is 6.71. The lowest BCUT2D eigenvalue weighted by molar-refractivity contribution is -0.141. The van der Waals surface area contributed by atoms with Gasteiger partial charge in [0.05, 0.1) is 19.0 Å². The molecule has 2 aromatic heterocycles. The maximum absolute atomic E-state index is 12.7. The molecule has 2 heterocycles. The smallest absolute Gasteiger partial charge is 0.433 e. The zero-order chi connectivity index (χ0) is 19.1. The fraction of sp³-hybridized carbons (Fsp3) is 0.375. The van der Waals surface area contributed by atoms with E-state index in [0.717, 1.165) is 25.1 Å². The van der Waals surface area contributed by atoms with E-state index in [0.29, 0.717) is 11.5 Å². The van der Waals surface area contributed by atoms with E-state index < -0.39 is 17.8 Å². The van der Waals surface area contributed by atoms with Crippen molar-refractivity contribution in [3.8, 4) is 0 Å². The summed E-state index contributed by atoms with van der Waals surface area (Å²) in [7, 11) is 2.77. The second-order valence-electron chi connectivity index (χ2n) is 5.79. The Morgan fingerprint density at radius 3 is 2.50 bits per heavy atom. The molecule has 1 fully saturated rings. The van der Waals surface area contributed by atoms with Gasteiger partial charge in [-0.3, -0.25) is 0 Å². The van der Waals surface area contributed by atoms with Crippen molar-refractivity contribution >= 4 is 29.1 Å². The van der Waals surface area contributed by atoms with Crippen LogP contribution in [-0.4, -0.2) is 35.1 Å². The van der Waals surface area contributed by atoms with E-state index in [2.05, 4.69) is 15.0 Å². The Hall–Kier alpha value is -2.42. The predicted molar refractivity (Wildman–Crippen MR) is 87.7 cm³/mol. The first kappa shape index (κ1) is 18.4. The number of carbonyl (C=O) groups excluding carboxylic acids is 1. The molecule has 0 atom stereocenters. The molecule has 0 aromatic carbocycles. The molecular weight excluding hydrogens is 373 g/mol. The van der Waals surface area contributed by atoms with Crippen molar-refractivity contribution in [2.45, 2.75) is 24.9 Å². The monoisotopic (exact) mass is 386 g/mol. The van der Waals surface area contributed by atoms with Gasteiger partial charge in [0.1, 0.15) is 16.5 Å². The second-order valence-corrected chi connectivity index (χ2v) is 6.17. The molecule has 1 saturated carbocycles. The van der Waals surface area contributed by atoms with E-state index in [1.807, 2.05) is 0 Å². The minimum absolute atomic E-state index is 0.0383. The average Bonchev–Trinajstić information content (AvgIpc) is 3.45. The predicted octanol–water partition coefficient (Wildman–Crippen LogP) is 3.98. The first-order valence-corrected chi connectivity index (χ1v) is 8.03. The number of pyridine rings is 1. The van der Waals surface area contributed by atoms with Crippen molar-refractivity contribution in [1.82, 2.24) is 15.0 Å². The standard InChI is InChI=1S/C16H14ClF3N4O2/c1-24(9-5-6-10(21-7-9)16(18,19)20)14-11(17)12(15(25)26-2)22-13(23-14)8-3-4-8/h5-8H,3-4H2,1-2H3. The largest absolute Gasteiger partial charge is 0.464 e. The van der Waals surface area contributed by atoms with Crippen molar-refractivity contribution in [3.63, 3.8) is 0 Å². The molecule has 26 heavy (non-hydrogen) atoms. The number of anilines is 2. The Balaban J connectivity index is 2.01. The number of alkyl halides is 3. The van der Waals surface area contributed by atoms with E-state index >= 15 is 0 Å². The molecule has 0 aliphatic heterocycles. The molecule has 0 unspecified atom stereocenters. The number of nitrogens with zero attached hydrogens (tertiary/aromatic N) is 4. The third kappa shape index (κ3) is 3.57. The van der Waals surface area contributed by atoms with E-state index in [1.165, 1.54) is 18.1 Å². The van der Waals surface area contributed by atoms with Gasteiger partial charge in [-0.05, 0) is 25.0 Å². The van der Waals surface area contributed by atoms with E-state index in [9.17, 15) is 18.0 Å². The average molecular weight is 387 g/mol. The van der Waals surface area contributed by atoms with E-state index in [4.69, 9.17) is 16.3 Å². The lowest BCUT2D eigenvalue weighted by Crippen LogP contribution is -2.18. The van der Waals surface area contributed by atoms with Gasteiger partial charge in [0.15, 0.2) is 11.5 Å². The van der Waals surface area contributed by atoms with Crippen LogP contribution in [0.3, 0.4) is 0 Å². The SMILES string of the molecule is COC(=O)c1nc(C2CC2)nc(N(C)c2ccc(C(F)(F)F)nc2)c1Cl. The summed E-state index contributed by atoms with van der Waals surface area (Å²) in [5, 5.41) is -0.0383. The number of halogens is 4. The third-order valence-electron chi connectivity index (χ3n) is 3.92. The number of carbonyl (C=O) groups is 1. The molecule has 2 aromatic rings. The highest BCUT2D eigenvalue weighted by molar-refractivity contribution is 6.35.